The van der Waals surface area contributed by atoms with E-state index >= 15 is 0 Å². The van der Waals surface area contributed by atoms with Crippen LogP contribution in [-0.4, -0.2) is 29.8 Å². The van der Waals surface area contributed by atoms with E-state index in [4.69, 9.17) is 5.73 Å². The van der Waals surface area contributed by atoms with Crippen LogP contribution in [0.25, 0.3) is 0 Å². The monoisotopic (exact) mass is 256 g/mol. The maximum absolute atomic E-state index is 9.30. The first-order chi connectivity index (χ1) is 8.46. The highest BCUT2D eigenvalue weighted by Crippen LogP contribution is 2.38. The van der Waals surface area contributed by atoms with Gasteiger partial charge in [-0.25, -0.2) is 0 Å². The number of hydrogen-bond acceptors (Lipinski definition) is 3. The van der Waals surface area contributed by atoms with E-state index < -0.39 is 0 Å². The fourth-order valence-corrected chi connectivity index (χ4v) is 3.48. The van der Waals surface area contributed by atoms with Crippen LogP contribution in [0.5, 0.6) is 0 Å². The lowest BCUT2D eigenvalue weighted by atomic mass is 9.67. The highest BCUT2D eigenvalue weighted by molar-refractivity contribution is 5.00. The largest absolute Gasteiger partial charge is 0.396 e. The van der Waals surface area contributed by atoms with Crippen molar-refractivity contribution in [2.45, 2.75) is 65.0 Å². The van der Waals surface area contributed by atoms with Crippen LogP contribution in [0.1, 0.15) is 53.4 Å². The third-order valence-corrected chi connectivity index (χ3v) is 4.92. The zero-order valence-corrected chi connectivity index (χ0v) is 12.6. The SMILES string of the molecule is CC(C)C1CCCCC1(CN)NC(C)C(C)CO. The standard InChI is InChI=1S/C15H32N2O/c1-11(2)14-7-5-6-8-15(14,10-16)17-13(4)12(3)9-18/h11-14,17-18H,5-10,16H2,1-4H3. The van der Waals surface area contributed by atoms with Gasteiger partial charge in [0.05, 0.1) is 0 Å². The lowest BCUT2D eigenvalue weighted by Gasteiger charge is -2.48. The summed E-state index contributed by atoms with van der Waals surface area (Å²) in [6.07, 6.45) is 5.06. The van der Waals surface area contributed by atoms with Gasteiger partial charge in [-0.3, -0.25) is 0 Å². The second-order valence-electron chi connectivity index (χ2n) is 6.55. The van der Waals surface area contributed by atoms with Crippen molar-refractivity contribution in [3.8, 4) is 0 Å². The molecule has 0 heterocycles. The highest BCUT2D eigenvalue weighted by Gasteiger charge is 2.42. The molecule has 18 heavy (non-hydrogen) atoms. The molecule has 1 aliphatic carbocycles. The molecule has 1 saturated carbocycles. The maximum Gasteiger partial charge on any atom is 0.0471 e. The van der Waals surface area contributed by atoms with Gasteiger partial charge < -0.3 is 16.2 Å². The Morgan fingerprint density at radius 2 is 1.94 bits per heavy atom. The van der Waals surface area contributed by atoms with Crippen molar-refractivity contribution in [3.05, 3.63) is 0 Å². The molecule has 0 aromatic rings. The summed E-state index contributed by atoms with van der Waals surface area (Å²) < 4.78 is 0. The van der Waals surface area contributed by atoms with Crippen LogP contribution in [0.2, 0.25) is 0 Å². The Morgan fingerprint density at radius 1 is 1.28 bits per heavy atom. The summed E-state index contributed by atoms with van der Waals surface area (Å²) in [5.41, 5.74) is 6.21. The first-order valence-corrected chi connectivity index (χ1v) is 7.55. The molecule has 0 amide bonds. The Hall–Kier alpha value is -0.120. The Balaban J connectivity index is 2.80. The van der Waals surface area contributed by atoms with E-state index in [2.05, 4.69) is 33.0 Å². The Labute approximate surface area is 113 Å². The average Bonchev–Trinajstić information content (AvgIpc) is 2.37. The predicted octanol–water partition coefficient (Wildman–Crippen LogP) is 2.14. The predicted molar refractivity (Wildman–Crippen MR) is 77.4 cm³/mol. The van der Waals surface area contributed by atoms with Crippen LogP contribution in [0, 0.1) is 17.8 Å². The van der Waals surface area contributed by atoms with Crippen molar-refractivity contribution < 1.29 is 5.11 Å². The minimum Gasteiger partial charge on any atom is -0.396 e. The fraction of sp³-hybridized carbons (Fsp3) is 1.00. The molecule has 1 rings (SSSR count). The summed E-state index contributed by atoms with van der Waals surface area (Å²) >= 11 is 0. The van der Waals surface area contributed by atoms with Crippen molar-refractivity contribution in [3.63, 3.8) is 0 Å². The molecule has 108 valence electrons. The van der Waals surface area contributed by atoms with E-state index in [-0.39, 0.29) is 18.1 Å². The summed E-state index contributed by atoms with van der Waals surface area (Å²) in [5.74, 6) is 1.60. The van der Waals surface area contributed by atoms with E-state index in [0.29, 0.717) is 24.4 Å². The van der Waals surface area contributed by atoms with E-state index in [0.717, 1.165) is 0 Å². The fourth-order valence-electron chi connectivity index (χ4n) is 3.48. The van der Waals surface area contributed by atoms with Crippen molar-refractivity contribution in [2.75, 3.05) is 13.2 Å². The molecule has 4 N–H and O–H groups in total. The molecular formula is C15H32N2O. The summed E-state index contributed by atoms with van der Waals surface area (Å²) in [4.78, 5) is 0. The molecule has 0 spiro atoms. The molecule has 1 aliphatic rings. The quantitative estimate of drug-likeness (QED) is 0.682. The van der Waals surface area contributed by atoms with Crippen molar-refractivity contribution in [2.24, 2.45) is 23.5 Å². The van der Waals surface area contributed by atoms with Gasteiger partial charge in [0, 0.05) is 24.7 Å². The van der Waals surface area contributed by atoms with Gasteiger partial charge in [-0.15, -0.1) is 0 Å². The first kappa shape index (κ1) is 15.9. The van der Waals surface area contributed by atoms with Gasteiger partial charge >= 0.3 is 0 Å². The zero-order chi connectivity index (χ0) is 13.8. The molecule has 4 unspecified atom stereocenters. The first-order valence-electron chi connectivity index (χ1n) is 7.55. The van der Waals surface area contributed by atoms with Gasteiger partial charge in [-0.2, -0.15) is 0 Å². The Kier molecular flexibility index (Phi) is 6.09. The van der Waals surface area contributed by atoms with E-state index in [1.165, 1.54) is 25.7 Å². The number of hydrogen-bond donors (Lipinski definition) is 3. The van der Waals surface area contributed by atoms with Gasteiger partial charge in [-0.05, 0) is 37.5 Å². The van der Waals surface area contributed by atoms with E-state index in [1.54, 1.807) is 0 Å². The van der Waals surface area contributed by atoms with Crippen molar-refractivity contribution in [1.29, 1.82) is 0 Å². The van der Waals surface area contributed by atoms with Crippen LogP contribution < -0.4 is 11.1 Å². The lowest BCUT2D eigenvalue weighted by molar-refractivity contribution is 0.0810. The molecule has 3 heteroatoms. The van der Waals surface area contributed by atoms with Gasteiger partial charge in [0.2, 0.25) is 0 Å². The second-order valence-corrected chi connectivity index (χ2v) is 6.55. The molecule has 1 fully saturated rings. The van der Waals surface area contributed by atoms with Crippen molar-refractivity contribution >= 4 is 0 Å². The molecule has 0 bridgehead atoms. The topological polar surface area (TPSA) is 58.3 Å². The van der Waals surface area contributed by atoms with Gasteiger partial charge in [0.1, 0.15) is 0 Å². The lowest BCUT2D eigenvalue weighted by Crippen LogP contribution is -2.62. The summed E-state index contributed by atoms with van der Waals surface area (Å²) in [5, 5.41) is 13.1. The molecule has 4 atom stereocenters. The Bertz CT molecular complexity index is 245. The van der Waals surface area contributed by atoms with E-state index in [1.807, 2.05) is 0 Å². The molecule has 0 aromatic carbocycles. The maximum atomic E-state index is 9.30. The third-order valence-electron chi connectivity index (χ3n) is 4.92. The molecule has 0 saturated heterocycles. The molecule has 0 radical (unpaired) electrons. The van der Waals surface area contributed by atoms with E-state index in [9.17, 15) is 5.11 Å². The molecular weight excluding hydrogens is 224 g/mol. The van der Waals surface area contributed by atoms with Crippen molar-refractivity contribution in [1.82, 2.24) is 5.32 Å². The van der Waals surface area contributed by atoms with Crippen LogP contribution in [0.3, 0.4) is 0 Å². The minimum absolute atomic E-state index is 0.0786. The molecule has 3 nitrogen and oxygen atoms in total. The number of nitrogens with one attached hydrogen (secondary N) is 1. The molecule has 0 aliphatic heterocycles. The van der Waals surface area contributed by atoms with Crippen LogP contribution in [-0.2, 0) is 0 Å². The number of aliphatic hydroxyl groups is 1. The normalized spacial score (nSPS) is 32.5. The second kappa shape index (κ2) is 6.88. The Morgan fingerprint density at radius 3 is 2.44 bits per heavy atom. The average molecular weight is 256 g/mol. The van der Waals surface area contributed by atoms with Gasteiger partial charge in [-0.1, -0.05) is 33.6 Å². The van der Waals surface area contributed by atoms with Gasteiger partial charge in [0.25, 0.3) is 0 Å². The number of nitrogens with two attached hydrogens (primary N) is 1. The summed E-state index contributed by atoms with van der Waals surface area (Å²) in [7, 11) is 0. The molecule has 0 aromatic heterocycles. The number of aliphatic hydroxyl groups excluding tert-OH is 1. The number of rotatable bonds is 6. The zero-order valence-electron chi connectivity index (χ0n) is 12.6. The van der Waals surface area contributed by atoms with Crippen LogP contribution >= 0.6 is 0 Å². The third kappa shape index (κ3) is 3.46. The van der Waals surface area contributed by atoms with Crippen LogP contribution in [0.15, 0.2) is 0 Å². The van der Waals surface area contributed by atoms with Gasteiger partial charge in [0.15, 0.2) is 0 Å². The highest BCUT2D eigenvalue weighted by atomic mass is 16.3. The smallest absolute Gasteiger partial charge is 0.0471 e. The minimum atomic E-state index is 0.0786. The summed E-state index contributed by atoms with van der Waals surface area (Å²) in [6.45, 7) is 9.82. The summed E-state index contributed by atoms with van der Waals surface area (Å²) in [6, 6.07) is 0.317. The van der Waals surface area contributed by atoms with Crippen LogP contribution in [0.4, 0.5) is 0 Å².